The van der Waals surface area contributed by atoms with E-state index in [1.54, 1.807) is 0 Å². The van der Waals surface area contributed by atoms with E-state index in [4.69, 9.17) is 62.7 Å². The number of pyridine rings is 1. The van der Waals surface area contributed by atoms with Crippen LogP contribution in [0.1, 0.15) is 31.0 Å². The van der Waals surface area contributed by atoms with E-state index in [0.29, 0.717) is 10.6 Å². The molecule has 0 spiro atoms. The zero-order valence-electron chi connectivity index (χ0n) is 9.32. The highest BCUT2D eigenvalue weighted by atomic mass is 35.6. The number of alkyl halides is 3. The van der Waals surface area contributed by atoms with Crippen LogP contribution in [0.25, 0.3) is 0 Å². The second-order valence-electron chi connectivity index (χ2n) is 3.66. The minimum absolute atomic E-state index is 0.0537. The number of ether oxygens (including phenoxy) is 1. The third-order valence-electron chi connectivity index (χ3n) is 2.12. The molecule has 0 unspecified atom stereocenters. The lowest BCUT2D eigenvalue weighted by Gasteiger charge is -2.19. The van der Waals surface area contributed by atoms with Crippen molar-refractivity contribution >= 4 is 58.0 Å². The molecular formula is C10H10Cl5NO. The quantitative estimate of drug-likeness (QED) is 0.679. The summed E-state index contributed by atoms with van der Waals surface area (Å²) in [5.41, 5.74) is 0.774. The fraction of sp³-hybridized carbons (Fsp3) is 0.500. The van der Waals surface area contributed by atoms with Gasteiger partial charge in [-0.15, -0.1) is 0 Å². The van der Waals surface area contributed by atoms with E-state index in [-0.39, 0.29) is 22.5 Å². The average Bonchev–Trinajstić information content (AvgIpc) is 2.15. The number of hydrogen-bond donors (Lipinski definition) is 0. The summed E-state index contributed by atoms with van der Waals surface area (Å²) in [5.74, 6) is 0.249. The van der Waals surface area contributed by atoms with Gasteiger partial charge in [-0.2, -0.15) is 0 Å². The Hall–Kier alpha value is 0.400. The van der Waals surface area contributed by atoms with Crippen molar-refractivity contribution in [1.29, 1.82) is 0 Å². The summed E-state index contributed by atoms with van der Waals surface area (Å²) >= 11 is 29.7. The molecule has 0 atom stereocenters. The second kappa shape index (κ2) is 5.58. The van der Waals surface area contributed by atoms with Crippen LogP contribution in [-0.4, -0.2) is 12.1 Å². The van der Waals surface area contributed by atoms with Gasteiger partial charge in [0.05, 0.1) is 12.1 Å². The van der Waals surface area contributed by atoms with E-state index in [9.17, 15) is 0 Å². The maximum atomic E-state index is 6.17. The van der Waals surface area contributed by atoms with E-state index in [2.05, 4.69) is 4.98 Å². The van der Waals surface area contributed by atoms with Crippen LogP contribution in [0.4, 0.5) is 0 Å². The normalized spacial score (nSPS) is 12.1. The highest BCUT2D eigenvalue weighted by Crippen LogP contribution is 2.46. The number of aromatic nitrogens is 1. The Morgan fingerprint density at radius 3 is 2.00 bits per heavy atom. The van der Waals surface area contributed by atoms with Gasteiger partial charge in [0.25, 0.3) is 0 Å². The Morgan fingerprint density at radius 2 is 1.65 bits per heavy atom. The summed E-state index contributed by atoms with van der Waals surface area (Å²) in [7, 11) is 1.44. The zero-order chi connectivity index (χ0) is 13.4. The second-order valence-corrected chi connectivity index (χ2v) is 6.70. The Kier molecular flexibility index (Phi) is 5.07. The molecule has 1 aromatic heterocycles. The lowest BCUT2D eigenvalue weighted by Crippen LogP contribution is -2.09. The number of methoxy groups -OCH3 is 1. The van der Waals surface area contributed by atoms with Gasteiger partial charge in [-0.3, -0.25) is 0 Å². The van der Waals surface area contributed by atoms with Crippen LogP contribution in [0.2, 0.25) is 10.0 Å². The van der Waals surface area contributed by atoms with E-state index >= 15 is 0 Å². The lowest BCUT2D eigenvalue weighted by atomic mass is 10.0. The topological polar surface area (TPSA) is 22.1 Å². The van der Waals surface area contributed by atoms with Gasteiger partial charge in [-0.25, -0.2) is 4.98 Å². The van der Waals surface area contributed by atoms with E-state index < -0.39 is 3.79 Å². The molecule has 0 saturated heterocycles. The molecule has 0 fully saturated rings. The smallest absolute Gasteiger partial charge is 0.234 e. The van der Waals surface area contributed by atoms with Gasteiger partial charge in [0, 0.05) is 0 Å². The van der Waals surface area contributed by atoms with Crippen LogP contribution < -0.4 is 4.74 Å². The van der Waals surface area contributed by atoms with Crippen molar-refractivity contribution < 1.29 is 4.74 Å². The molecular weight excluding hydrogens is 327 g/mol. The van der Waals surface area contributed by atoms with Gasteiger partial charge in [0.2, 0.25) is 9.67 Å². The summed E-state index contributed by atoms with van der Waals surface area (Å²) < 4.78 is 3.33. The minimum atomic E-state index is -1.72. The summed E-state index contributed by atoms with van der Waals surface area (Å²) in [5, 5.41) is 0.594. The molecule has 1 rings (SSSR count). The van der Waals surface area contributed by atoms with E-state index in [0.717, 1.165) is 0 Å². The minimum Gasteiger partial charge on any atom is -0.480 e. The van der Waals surface area contributed by atoms with Crippen molar-refractivity contribution in [3.63, 3.8) is 0 Å². The van der Waals surface area contributed by atoms with Crippen LogP contribution >= 0.6 is 58.0 Å². The molecule has 0 aliphatic rings. The number of rotatable bonds is 2. The molecule has 0 radical (unpaired) electrons. The SMILES string of the molecule is COc1nc(C(Cl)(Cl)Cl)c(Cl)c(C(C)C)c1Cl. The van der Waals surface area contributed by atoms with Gasteiger partial charge < -0.3 is 4.74 Å². The molecule has 1 aromatic rings. The Morgan fingerprint density at radius 1 is 1.12 bits per heavy atom. The van der Waals surface area contributed by atoms with Gasteiger partial charge >= 0.3 is 0 Å². The molecule has 0 amide bonds. The molecule has 2 nitrogen and oxygen atoms in total. The number of halogens is 5. The Bertz CT molecular complexity index is 428. The summed E-state index contributed by atoms with van der Waals surface area (Å²) in [6.45, 7) is 3.85. The fourth-order valence-electron chi connectivity index (χ4n) is 1.37. The molecule has 0 bridgehead atoms. The zero-order valence-corrected chi connectivity index (χ0v) is 13.1. The molecule has 7 heteroatoms. The maximum absolute atomic E-state index is 6.17. The van der Waals surface area contributed by atoms with Crippen molar-refractivity contribution in [3.05, 3.63) is 21.3 Å². The van der Waals surface area contributed by atoms with Crippen molar-refractivity contribution in [3.8, 4) is 5.88 Å². The first-order valence-electron chi connectivity index (χ1n) is 4.70. The standard InChI is InChI=1S/C10H10Cl5NO/c1-4(2)5-6(11)8(10(13,14)15)16-9(17-3)7(5)12/h4H,1-3H3. The van der Waals surface area contributed by atoms with Gasteiger partial charge in [0.1, 0.15) is 10.7 Å². The Labute approximate surface area is 125 Å². The predicted molar refractivity (Wildman–Crippen MR) is 74.1 cm³/mol. The highest BCUT2D eigenvalue weighted by Gasteiger charge is 2.32. The summed E-state index contributed by atoms with van der Waals surface area (Å²) in [6.07, 6.45) is 0. The fourth-order valence-corrected chi connectivity index (χ4v) is 2.90. The lowest BCUT2D eigenvalue weighted by molar-refractivity contribution is 0.396. The van der Waals surface area contributed by atoms with Crippen LogP contribution in [0.3, 0.4) is 0 Å². The van der Waals surface area contributed by atoms with Crippen molar-refractivity contribution in [2.45, 2.75) is 23.6 Å². The summed E-state index contributed by atoms with van der Waals surface area (Å²) in [4.78, 5) is 4.02. The van der Waals surface area contributed by atoms with Crippen LogP contribution in [0.15, 0.2) is 0 Å². The molecule has 0 aromatic carbocycles. The van der Waals surface area contributed by atoms with Crippen molar-refractivity contribution in [2.24, 2.45) is 0 Å². The highest BCUT2D eigenvalue weighted by molar-refractivity contribution is 6.67. The monoisotopic (exact) mass is 335 g/mol. The molecule has 0 aliphatic carbocycles. The molecule has 0 saturated carbocycles. The average molecular weight is 337 g/mol. The third-order valence-corrected chi connectivity index (χ3v) is 3.41. The molecule has 0 aliphatic heterocycles. The molecule has 96 valence electrons. The largest absolute Gasteiger partial charge is 0.480 e. The van der Waals surface area contributed by atoms with E-state index in [1.165, 1.54) is 7.11 Å². The van der Waals surface area contributed by atoms with Crippen LogP contribution in [0.5, 0.6) is 5.88 Å². The van der Waals surface area contributed by atoms with Crippen molar-refractivity contribution in [1.82, 2.24) is 4.98 Å². The third kappa shape index (κ3) is 3.24. The maximum Gasteiger partial charge on any atom is 0.234 e. The predicted octanol–water partition coefficient (Wildman–Crippen LogP) is 5.35. The number of nitrogens with zero attached hydrogens (tertiary/aromatic N) is 1. The van der Waals surface area contributed by atoms with Crippen molar-refractivity contribution in [2.75, 3.05) is 7.11 Å². The first-order valence-corrected chi connectivity index (χ1v) is 6.59. The first-order chi connectivity index (χ1) is 7.70. The van der Waals surface area contributed by atoms with Crippen LogP contribution in [-0.2, 0) is 3.79 Å². The van der Waals surface area contributed by atoms with Gasteiger partial charge in [0.15, 0.2) is 0 Å². The van der Waals surface area contributed by atoms with Gasteiger partial charge in [-0.1, -0.05) is 71.9 Å². The molecule has 0 N–H and O–H groups in total. The van der Waals surface area contributed by atoms with E-state index in [1.807, 2.05) is 13.8 Å². The Balaban J connectivity index is 3.60. The number of hydrogen-bond acceptors (Lipinski definition) is 2. The summed E-state index contributed by atoms with van der Waals surface area (Å²) in [6, 6.07) is 0. The molecule has 1 heterocycles. The van der Waals surface area contributed by atoms with Crippen LogP contribution in [0, 0.1) is 0 Å². The van der Waals surface area contributed by atoms with Gasteiger partial charge in [-0.05, 0) is 11.5 Å². The molecule has 17 heavy (non-hydrogen) atoms. The first kappa shape index (κ1) is 15.5.